The summed E-state index contributed by atoms with van der Waals surface area (Å²) in [5.41, 5.74) is -1.12. The zero-order chi connectivity index (χ0) is 12.5. The number of hydrogen-bond acceptors (Lipinski definition) is 5. The topological polar surface area (TPSA) is 103 Å². The molecule has 0 radical (unpaired) electrons. The van der Waals surface area contributed by atoms with Gasteiger partial charge in [-0.1, -0.05) is 0 Å². The Morgan fingerprint density at radius 1 is 1.56 bits per heavy atom. The molecule has 0 unspecified atom stereocenters. The van der Waals surface area contributed by atoms with Crippen molar-refractivity contribution in [1.82, 2.24) is 4.98 Å². The Hall–Kier alpha value is -1.48. The summed E-state index contributed by atoms with van der Waals surface area (Å²) in [5.74, 6) is -1.55. The van der Waals surface area contributed by atoms with E-state index < -0.39 is 38.5 Å². The second-order valence-electron chi connectivity index (χ2n) is 2.74. The fourth-order valence-corrected chi connectivity index (χ4v) is 1.99. The van der Waals surface area contributed by atoms with Crippen LogP contribution in [0.2, 0.25) is 0 Å². The Kier molecular flexibility index (Phi) is 3.29. The summed E-state index contributed by atoms with van der Waals surface area (Å²) in [6.45, 7) is 0. The van der Waals surface area contributed by atoms with E-state index in [1.165, 1.54) is 0 Å². The molecule has 90 valence electrons. The smallest absolute Gasteiger partial charge is 0.268 e. The summed E-state index contributed by atoms with van der Waals surface area (Å²) in [5, 5.41) is 13.9. The molecule has 0 amide bonds. The molecule has 3 N–H and O–H groups in total. The van der Waals surface area contributed by atoms with Gasteiger partial charge >= 0.3 is 0 Å². The third-order valence-corrected chi connectivity index (χ3v) is 2.68. The lowest BCUT2D eigenvalue weighted by molar-refractivity contribution is 0.142. The molecule has 0 aliphatic carbocycles. The number of aromatic nitrogens is 1. The van der Waals surface area contributed by atoms with E-state index in [1.807, 2.05) is 0 Å². The van der Waals surface area contributed by atoms with Crippen LogP contribution in [0.15, 0.2) is 11.1 Å². The first-order valence-corrected chi connectivity index (χ1v) is 5.40. The fraction of sp³-hybridized carbons (Fsp3) is 0.286. The largest absolute Gasteiger partial charge is 0.506 e. The number of halogens is 2. The number of nitrogens with two attached hydrogens (primary N) is 1. The van der Waals surface area contributed by atoms with Gasteiger partial charge in [0.2, 0.25) is 15.9 Å². The van der Waals surface area contributed by atoms with E-state index in [2.05, 4.69) is 9.72 Å². The SMILES string of the molecule is COc1ncc(O)c(C(F)F)c1S(N)(=O)=O. The number of ether oxygens (including phenoxy) is 1. The fourth-order valence-electron chi connectivity index (χ4n) is 1.11. The molecular formula is C7H8F2N2O4S. The minimum atomic E-state index is -4.47. The van der Waals surface area contributed by atoms with E-state index in [1.54, 1.807) is 0 Å². The molecule has 0 saturated carbocycles. The molecule has 0 aromatic carbocycles. The van der Waals surface area contributed by atoms with Crippen molar-refractivity contribution in [2.75, 3.05) is 7.11 Å². The lowest BCUT2D eigenvalue weighted by Gasteiger charge is -2.11. The van der Waals surface area contributed by atoms with Crippen molar-refractivity contribution in [3.05, 3.63) is 11.8 Å². The van der Waals surface area contributed by atoms with E-state index in [0.29, 0.717) is 6.20 Å². The first-order valence-electron chi connectivity index (χ1n) is 3.85. The van der Waals surface area contributed by atoms with Gasteiger partial charge in [0.05, 0.1) is 18.9 Å². The standard InChI is InChI=1S/C7H8F2N2O4S/c1-15-7-5(16(10,13)14)4(6(8)9)3(12)2-11-7/h2,6,12H,1H3,(H2,10,13,14). The van der Waals surface area contributed by atoms with Crippen molar-refractivity contribution in [1.29, 1.82) is 0 Å². The molecular weight excluding hydrogens is 246 g/mol. The van der Waals surface area contributed by atoms with Crippen molar-refractivity contribution < 1.29 is 27.0 Å². The zero-order valence-corrected chi connectivity index (χ0v) is 8.83. The Morgan fingerprint density at radius 2 is 2.12 bits per heavy atom. The highest BCUT2D eigenvalue weighted by Gasteiger charge is 2.29. The van der Waals surface area contributed by atoms with Crippen LogP contribution in [0.25, 0.3) is 0 Å². The molecule has 6 nitrogen and oxygen atoms in total. The third kappa shape index (κ3) is 2.19. The summed E-state index contributed by atoms with van der Waals surface area (Å²) < 4.78 is 51.9. The second-order valence-corrected chi connectivity index (χ2v) is 4.24. The second kappa shape index (κ2) is 4.18. The number of primary sulfonamides is 1. The van der Waals surface area contributed by atoms with Crippen molar-refractivity contribution in [3.63, 3.8) is 0 Å². The molecule has 0 spiro atoms. The summed E-state index contributed by atoms with van der Waals surface area (Å²) in [6.07, 6.45) is -2.56. The Labute approximate surface area is 89.7 Å². The molecule has 1 aromatic heterocycles. The Balaban J connectivity index is 3.70. The van der Waals surface area contributed by atoms with Crippen LogP contribution in [0, 0.1) is 0 Å². The number of nitrogens with zero attached hydrogens (tertiary/aromatic N) is 1. The van der Waals surface area contributed by atoms with Gasteiger partial charge in [-0.05, 0) is 0 Å². The number of aromatic hydroxyl groups is 1. The van der Waals surface area contributed by atoms with Crippen LogP contribution in [0.1, 0.15) is 12.0 Å². The average Bonchev–Trinajstić information content (AvgIpc) is 2.15. The molecule has 1 rings (SSSR count). The van der Waals surface area contributed by atoms with Crippen molar-refractivity contribution >= 4 is 10.0 Å². The van der Waals surface area contributed by atoms with Crippen LogP contribution in [0.4, 0.5) is 8.78 Å². The van der Waals surface area contributed by atoms with Crippen molar-refractivity contribution in [3.8, 4) is 11.6 Å². The number of methoxy groups -OCH3 is 1. The lowest BCUT2D eigenvalue weighted by atomic mass is 10.2. The highest BCUT2D eigenvalue weighted by Crippen LogP contribution is 2.37. The first-order chi connectivity index (χ1) is 7.29. The van der Waals surface area contributed by atoms with Gasteiger partial charge in [-0.25, -0.2) is 27.3 Å². The molecule has 0 aliphatic heterocycles. The van der Waals surface area contributed by atoms with Crippen LogP contribution in [-0.2, 0) is 10.0 Å². The minimum Gasteiger partial charge on any atom is -0.506 e. The van der Waals surface area contributed by atoms with Gasteiger partial charge in [0, 0.05) is 0 Å². The minimum absolute atomic E-state index is 0.587. The van der Waals surface area contributed by atoms with E-state index >= 15 is 0 Å². The highest BCUT2D eigenvalue weighted by molar-refractivity contribution is 7.89. The van der Waals surface area contributed by atoms with Gasteiger partial charge in [0.25, 0.3) is 6.43 Å². The number of rotatable bonds is 3. The maximum absolute atomic E-state index is 12.6. The van der Waals surface area contributed by atoms with Gasteiger partial charge in [0.15, 0.2) is 4.90 Å². The summed E-state index contributed by atoms with van der Waals surface area (Å²) in [4.78, 5) is 2.33. The third-order valence-electron chi connectivity index (χ3n) is 1.71. The van der Waals surface area contributed by atoms with Crippen molar-refractivity contribution in [2.45, 2.75) is 11.3 Å². The van der Waals surface area contributed by atoms with Crippen molar-refractivity contribution in [2.24, 2.45) is 5.14 Å². The predicted molar refractivity (Wildman–Crippen MR) is 48.8 cm³/mol. The average molecular weight is 254 g/mol. The first kappa shape index (κ1) is 12.6. The van der Waals surface area contributed by atoms with Crippen LogP contribution >= 0.6 is 0 Å². The predicted octanol–water partition coefficient (Wildman–Crippen LogP) is 0.381. The quantitative estimate of drug-likeness (QED) is 0.811. The number of sulfonamides is 1. The lowest BCUT2D eigenvalue weighted by Crippen LogP contribution is -2.17. The number of hydrogen-bond donors (Lipinski definition) is 2. The Bertz CT molecular complexity index is 503. The molecule has 0 atom stereocenters. The van der Waals surface area contributed by atoms with Crippen LogP contribution in [-0.4, -0.2) is 25.6 Å². The molecule has 0 saturated heterocycles. The molecule has 16 heavy (non-hydrogen) atoms. The van der Waals surface area contributed by atoms with Crippen LogP contribution in [0.3, 0.4) is 0 Å². The van der Waals surface area contributed by atoms with Crippen LogP contribution < -0.4 is 9.88 Å². The molecule has 0 fully saturated rings. The summed E-state index contributed by atoms with van der Waals surface area (Å²) >= 11 is 0. The van der Waals surface area contributed by atoms with E-state index in [0.717, 1.165) is 7.11 Å². The summed E-state index contributed by atoms with van der Waals surface area (Å²) in [6, 6.07) is 0. The van der Waals surface area contributed by atoms with Gasteiger partial charge in [0.1, 0.15) is 5.75 Å². The van der Waals surface area contributed by atoms with E-state index in [-0.39, 0.29) is 0 Å². The normalized spacial score (nSPS) is 11.8. The zero-order valence-electron chi connectivity index (χ0n) is 8.02. The molecule has 9 heteroatoms. The van der Waals surface area contributed by atoms with Crippen LogP contribution in [0.5, 0.6) is 11.6 Å². The maximum atomic E-state index is 12.6. The monoisotopic (exact) mass is 254 g/mol. The molecule has 0 bridgehead atoms. The highest BCUT2D eigenvalue weighted by atomic mass is 32.2. The van der Waals surface area contributed by atoms with E-state index in [9.17, 15) is 17.2 Å². The van der Waals surface area contributed by atoms with Gasteiger partial charge in [-0.3, -0.25) is 0 Å². The number of pyridine rings is 1. The summed E-state index contributed by atoms with van der Waals surface area (Å²) in [7, 11) is -3.43. The van der Waals surface area contributed by atoms with Gasteiger partial charge in [-0.15, -0.1) is 0 Å². The molecule has 1 heterocycles. The van der Waals surface area contributed by atoms with Gasteiger partial charge in [-0.2, -0.15) is 0 Å². The van der Waals surface area contributed by atoms with E-state index in [4.69, 9.17) is 10.2 Å². The van der Waals surface area contributed by atoms with Gasteiger partial charge < -0.3 is 9.84 Å². The Morgan fingerprint density at radius 3 is 2.50 bits per heavy atom. The number of alkyl halides is 2. The maximum Gasteiger partial charge on any atom is 0.268 e. The molecule has 0 aliphatic rings. The molecule has 1 aromatic rings.